The predicted octanol–water partition coefficient (Wildman–Crippen LogP) is 3.16. The Morgan fingerprint density at radius 2 is 2.04 bits per heavy atom. The summed E-state index contributed by atoms with van der Waals surface area (Å²) in [6.07, 6.45) is 10.8. The van der Waals surface area contributed by atoms with E-state index in [-0.39, 0.29) is 1.43 Å². The molecule has 6 heteroatoms. The van der Waals surface area contributed by atoms with Crippen molar-refractivity contribution in [3.63, 3.8) is 0 Å². The van der Waals surface area contributed by atoms with Gasteiger partial charge in [0, 0.05) is 37.2 Å². The average molecular weight is 360 g/mol. The predicted molar refractivity (Wildman–Crippen MR) is 109 cm³/mol. The number of hydrogen-bond donors (Lipinski definition) is 1. The first-order chi connectivity index (χ1) is 13.3. The van der Waals surface area contributed by atoms with Crippen LogP contribution in [0.3, 0.4) is 0 Å². The summed E-state index contributed by atoms with van der Waals surface area (Å²) in [5.74, 6) is 0.755. The molecule has 1 aromatic carbocycles. The van der Waals surface area contributed by atoms with Crippen LogP contribution in [0.1, 0.15) is 31.1 Å². The van der Waals surface area contributed by atoms with Gasteiger partial charge in [-0.2, -0.15) is 0 Å². The van der Waals surface area contributed by atoms with Crippen LogP contribution in [-0.4, -0.2) is 51.0 Å². The van der Waals surface area contributed by atoms with Gasteiger partial charge < -0.3 is 10.2 Å². The van der Waals surface area contributed by atoms with Crippen LogP contribution in [0.15, 0.2) is 43.0 Å². The van der Waals surface area contributed by atoms with Crippen molar-refractivity contribution in [2.45, 2.75) is 25.3 Å². The molecule has 2 aromatic heterocycles. The molecule has 1 fully saturated rings. The molecule has 5 rings (SSSR count). The monoisotopic (exact) mass is 360 g/mol. The topological polar surface area (TPSA) is 66.8 Å². The van der Waals surface area contributed by atoms with E-state index in [1.54, 1.807) is 6.33 Å². The molecule has 0 saturated carbocycles. The summed E-state index contributed by atoms with van der Waals surface area (Å²) in [5, 5.41) is 4.57. The van der Waals surface area contributed by atoms with Crippen molar-refractivity contribution < 1.29 is 1.43 Å². The number of allylic oxidation sites excluding steroid dienone is 1. The first-order valence-corrected chi connectivity index (χ1v) is 9.48. The zero-order valence-electron chi connectivity index (χ0n) is 15.4. The van der Waals surface area contributed by atoms with Crippen LogP contribution >= 0.6 is 0 Å². The lowest BCUT2D eigenvalue weighted by atomic mass is 10.0. The van der Waals surface area contributed by atoms with Crippen LogP contribution < -0.4 is 5.32 Å². The lowest BCUT2D eigenvalue weighted by Gasteiger charge is -2.29. The molecule has 0 radical (unpaired) electrons. The highest BCUT2D eigenvalue weighted by atomic mass is 15.2. The van der Waals surface area contributed by atoms with Gasteiger partial charge in [-0.3, -0.25) is 0 Å². The first-order valence-electron chi connectivity index (χ1n) is 9.48. The number of anilines is 1. The van der Waals surface area contributed by atoms with Gasteiger partial charge in [0.1, 0.15) is 6.33 Å². The minimum atomic E-state index is 0. The second-order valence-corrected chi connectivity index (χ2v) is 7.39. The van der Waals surface area contributed by atoms with E-state index in [0.29, 0.717) is 6.04 Å². The molecule has 0 atom stereocenters. The number of benzene rings is 1. The first kappa shape index (κ1) is 16.3. The highest BCUT2D eigenvalue weighted by Gasteiger charge is 2.21. The fraction of sp³-hybridized carbons (Fsp3) is 0.333. The van der Waals surface area contributed by atoms with Crippen LogP contribution in [0.5, 0.6) is 0 Å². The van der Waals surface area contributed by atoms with Gasteiger partial charge in [-0.25, -0.2) is 19.9 Å². The third kappa shape index (κ3) is 3.17. The molecule has 0 spiro atoms. The number of nitrogens with zero attached hydrogens (tertiary/aromatic N) is 5. The molecule has 138 valence electrons. The van der Waals surface area contributed by atoms with Crippen molar-refractivity contribution in [1.82, 2.24) is 24.8 Å². The molecular formula is C21H24N6. The number of fused-ring (bicyclic) bond motifs is 2. The molecule has 3 aromatic rings. The fourth-order valence-corrected chi connectivity index (χ4v) is 3.94. The van der Waals surface area contributed by atoms with E-state index < -0.39 is 0 Å². The van der Waals surface area contributed by atoms with E-state index in [4.69, 9.17) is 4.98 Å². The van der Waals surface area contributed by atoms with E-state index in [2.05, 4.69) is 50.4 Å². The average Bonchev–Trinajstić information content (AvgIpc) is 3.12. The van der Waals surface area contributed by atoms with E-state index in [1.165, 1.54) is 5.57 Å². The van der Waals surface area contributed by atoms with Crippen LogP contribution in [0, 0.1) is 0 Å². The molecule has 3 heterocycles. The van der Waals surface area contributed by atoms with Gasteiger partial charge in [0.15, 0.2) is 0 Å². The lowest BCUT2D eigenvalue weighted by Crippen LogP contribution is -2.37. The van der Waals surface area contributed by atoms with Crippen molar-refractivity contribution in [1.29, 1.82) is 0 Å². The molecule has 1 saturated heterocycles. The summed E-state index contributed by atoms with van der Waals surface area (Å²) < 4.78 is 0. The highest BCUT2D eigenvalue weighted by molar-refractivity contribution is 5.89. The molecule has 6 nitrogen and oxygen atoms in total. The van der Waals surface area contributed by atoms with Crippen LogP contribution in [0.2, 0.25) is 0 Å². The molecule has 1 aliphatic carbocycles. The molecule has 1 N–H and O–H groups in total. The van der Waals surface area contributed by atoms with Crippen LogP contribution in [0.4, 0.5) is 5.95 Å². The maximum atomic E-state index is 4.79. The maximum Gasteiger partial charge on any atom is 0.223 e. The second-order valence-electron chi connectivity index (χ2n) is 7.39. The zero-order valence-corrected chi connectivity index (χ0v) is 15.4. The van der Waals surface area contributed by atoms with Gasteiger partial charge in [-0.05, 0) is 56.2 Å². The summed E-state index contributed by atoms with van der Waals surface area (Å²) in [6, 6.07) is 6.76. The molecule has 27 heavy (non-hydrogen) atoms. The summed E-state index contributed by atoms with van der Waals surface area (Å²) in [5.41, 5.74) is 5.54. The van der Waals surface area contributed by atoms with Crippen molar-refractivity contribution >= 4 is 22.4 Å². The van der Waals surface area contributed by atoms with Gasteiger partial charge >= 0.3 is 0 Å². The van der Waals surface area contributed by atoms with Crippen LogP contribution in [0.25, 0.3) is 16.5 Å². The Labute approximate surface area is 159 Å². The maximum absolute atomic E-state index is 4.79. The standard InChI is InChI=1S/C21H22N6.H2/c1-27-8-6-16(7-9-27)25-21-23-12-18-17(3-5-20(18)26-21)14-2-4-19-15(10-14)11-22-13-24-19;/h2-4,10-13,16H,5-9H2,1H3,(H,23,25,26);1H. The number of rotatable bonds is 3. The Balaban J connectivity index is 0.00000192. The van der Waals surface area contributed by atoms with Gasteiger partial charge in [0.05, 0.1) is 11.2 Å². The second kappa shape index (κ2) is 6.70. The Bertz CT molecular complexity index is 1030. The minimum Gasteiger partial charge on any atom is -0.351 e. The van der Waals surface area contributed by atoms with Gasteiger partial charge in [0.2, 0.25) is 5.95 Å². The number of aromatic nitrogens is 4. The Kier molecular flexibility index (Phi) is 4.05. The fourth-order valence-electron chi connectivity index (χ4n) is 3.94. The summed E-state index contributed by atoms with van der Waals surface area (Å²) in [6.45, 7) is 2.25. The van der Waals surface area contributed by atoms with Crippen molar-refractivity contribution in [3.05, 3.63) is 59.8 Å². The normalized spacial score (nSPS) is 17.7. The van der Waals surface area contributed by atoms with Gasteiger partial charge in [-0.1, -0.05) is 12.1 Å². The Morgan fingerprint density at radius 3 is 2.93 bits per heavy atom. The summed E-state index contributed by atoms with van der Waals surface area (Å²) in [7, 11) is 2.17. The zero-order chi connectivity index (χ0) is 18.2. The smallest absolute Gasteiger partial charge is 0.223 e. The number of likely N-dealkylation sites (tertiary alicyclic amines) is 1. The number of piperidine rings is 1. The molecule has 1 aliphatic heterocycles. The third-order valence-corrected chi connectivity index (χ3v) is 5.52. The lowest BCUT2D eigenvalue weighted by molar-refractivity contribution is 0.263. The molecular weight excluding hydrogens is 336 g/mol. The molecule has 0 unspecified atom stereocenters. The van der Waals surface area contributed by atoms with Gasteiger partial charge in [0.25, 0.3) is 0 Å². The van der Waals surface area contributed by atoms with Crippen LogP contribution in [-0.2, 0) is 6.42 Å². The molecule has 2 aliphatic rings. The minimum absolute atomic E-state index is 0. The Morgan fingerprint density at radius 1 is 1.15 bits per heavy atom. The quantitative estimate of drug-likeness (QED) is 0.774. The van der Waals surface area contributed by atoms with E-state index in [0.717, 1.165) is 66.0 Å². The van der Waals surface area contributed by atoms with Crippen molar-refractivity contribution in [2.24, 2.45) is 0 Å². The van der Waals surface area contributed by atoms with Gasteiger partial charge in [-0.15, -0.1) is 0 Å². The molecule has 0 amide bonds. The van der Waals surface area contributed by atoms with E-state index >= 15 is 0 Å². The summed E-state index contributed by atoms with van der Waals surface area (Å²) >= 11 is 0. The largest absolute Gasteiger partial charge is 0.351 e. The van der Waals surface area contributed by atoms with Crippen molar-refractivity contribution in [3.8, 4) is 0 Å². The van der Waals surface area contributed by atoms with E-state index in [9.17, 15) is 0 Å². The summed E-state index contributed by atoms with van der Waals surface area (Å²) in [4.78, 5) is 20.2. The number of nitrogens with one attached hydrogen (secondary N) is 1. The van der Waals surface area contributed by atoms with E-state index in [1.807, 2.05) is 18.5 Å². The number of hydrogen-bond acceptors (Lipinski definition) is 6. The Hall–Kier alpha value is -2.86. The molecule has 0 bridgehead atoms. The third-order valence-electron chi connectivity index (χ3n) is 5.52. The highest BCUT2D eigenvalue weighted by Crippen LogP contribution is 2.33. The van der Waals surface area contributed by atoms with Crippen molar-refractivity contribution in [2.75, 3.05) is 25.5 Å². The SMILES string of the molecule is CN1CCC(Nc2ncc3c(n2)CC=C3c2ccc3ncncc3c2)CC1.[HH].